The number of benzene rings is 1. The Hall–Kier alpha value is -1.70. The predicted octanol–water partition coefficient (Wildman–Crippen LogP) is 0.762. The van der Waals surface area contributed by atoms with E-state index in [1.807, 2.05) is 0 Å². The van der Waals surface area contributed by atoms with Gasteiger partial charge >= 0.3 is 5.63 Å². The molecule has 6 nitrogen and oxygen atoms in total. The van der Waals surface area contributed by atoms with Crippen LogP contribution in [0, 0.1) is 0 Å². The first-order valence-corrected chi connectivity index (χ1v) is 7.59. The first kappa shape index (κ1) is 14.7. The van der Waals surface area contributed by atoms with Gasteiger partial charge in [-0.1, -0.05) is 0 Å². The summed E-state index contributed by atoms with van der Waals surface area (Å²) in [6.45, 7) is 0.795. The molecule has 1 heterocycles. The second kappa shape index (κ2) is 5.74. The summed E-state index contributed by atoms with van der Waals surface area (Å²) >= 11 is 0. The lowest BCUT2D eigenvalue weighted by atomic mass is 10.2. The average Bonchev–Trinajstić information content (AvgIpc) is 2.43. The van der Waals surface area contributed by atoms with E-state index in [1.165, 1.54) is 35.6 Å². The van der Waals surface area contributed by atoms with Gasteiger partial charge in [-0.2, -0.15) is 0 Å². The number of sulfonamides is 1. The maximum absolute atomic E-state index is 12.3. The van der Waals surface area contributed by atoms with Crippen molar-refractivity contribution in [3.63, 3.8) is 0 Å². The van der Waals surface area contributed by atoms with Crippen LogP contribution < -0.4 is 11.4 Å². The standard InChI is InChI=1S/C13H16N2O4S/c1-15(8-2-7-14)20(17,18)11-4-5-12-10(9-11)3-6-13(16)19-12/h3-6,9H,2,7-8,14H2,1H3. The van der Waals surface area contributed by atoms with Gasteiger partial charge < -0.3 is 10.2 Å². The Bertz CT molecular complexity index is 767. The second-order valence-corrected chi connectivity index (χ2v) is 6.47. The third kappa shape index (κ3) is 2.90. The van der Waals surface area contributed by atoms with Gasteiger partial charge in [0.25, 0.3) is 0 Å². The molecule has 0 aliphatic carbocycles. The summed E-state index contributed by atoms with van der Waals surface area (Å²) in [5.41, 5.74) is 5.28. The lowest BCUT2D eigenvalue weighted by Gasteiger charge is -2.16. The summed E-state index contributed by atoms with van der Waals surface area (Å²) < 4.78 is 30.9. The van der Waals surface area contributed by atoms with E-state index < -0.39 is 15.6 Å². The van der Waals surface area contributed by atoms with Gasteiger partial charge in [0.2, 0.25) is 10.0 Å². The van der Waals surface area contributed by atoms with Crippen LogP contribution in [0.5, 0.6) is 0 Å². The summed E-state index contributed by atoms with van der Waals surface area (Å²) in [6, 6.07) is 7.21. The summed E-state index contributed by atoms with van der Waals surface area (Å²) in [7, 11) is -2.04. The van der Waals surface area contributed by atoms with Crippen LogP contribution in [-0.4, -0.2) is 32.9 Å². The number of rotatable bonds is 5. The minimum Gasteiger partial charge on any atom is -0.423 e. The Morgan fingerprint density at radius 3 is 2.70 bits per heavy atom. The zero-order valence-electron chi connectivity index (χ0n) is 11.1. The number of hydrogen-bond donors (Lipinski definition) is 1. The van der Waals surface area contributed by atoms with E-state index in [0.29, 0.717) is 30.5 Å². The highest BCUT2D eigenvalue weighted by molar-refractivity contribution is 7.89. The van der Waals surface area contributed by atoms with Crippen molar-refractivity contribution in [1.29, 1.82) is 0 Å². The molecule has 0 saturated heterocycles. The van der Waals surface area contributed by atoms with Crippen molar-refractivity contribution in [2.45, 2.75) is 11.3 Å². The second-order valence-electron chi connectivity index (χ2n) is 4.42. The van der Waals surface area contributed by atoms with Gasteiger partial charge in [0, 0.05) is 25.0 Å². The molecule has 7 heteroatoms. The number of hydrogen-bond acceptors (Lipinski definition) is 5. The van der Waals surface area contributed by atoms with Crippen LogP contribution in [0.1, 0.15) is 6.42 Å². The molecule has 0 unspecified atom stereocenters. The fraction of sp³-hybridized carbons (Fsp3) is 0.308. The number of nitrogens with two attached hydrogens (primary N) is 1. The highest BCUT2D eigenvalue weighted by atomic mass is 32.2. The van der Waals surface area contributed by atoms with E-state index in [1.54, 1.807) is 6.07 Å². The van der Waals surface area contributed by atoms with Crippen LogP contribution >= 0.6 is 0 Å². The van der Waals surface area contributed by atoms with Crippen LogP contribution in [0.4, 0.5) is 0 Å². The van der Waals surface area contributed by atoms with Crippen molar-refractivity contribution < 1.29 is 12.8 Å². The minimum absolute atomic E-state index is 0.165. The molecule has 0 spiro atoms. The molecule has 0 fully saturated rings. The van der Waals surface area contributed by atoms with Crippen molar-refractivity contribution in [1.82, 2.24) is 4.31 Å². The largest absolute Gasteiger partial charge is 0.423 e. The van der Waals surface area contributed by atoms with Gasteiger partial charge in [-0.25, -0.2) is 17.5 Å². The molecular formula is C13H16N2O4S. The zero-order valence-corrected chi connectivity index (χ0v) is 11.9. The smallest absolute Gasteiger partial charge is 0.336 e. The molecule has 108 valence electrons. The maximum atomic E-state index is 12.3. The van der Waals surface area contributed by atoms with Crippen molar-refractivity contribution in [2.75, 3.05) is 20.1 Å². The van der Waals surface area contributed by atoms with Gasteiger partial charge in [-0.05, 0) is 37.2 Å². The fourth-order valence-electron chi connectivity index (χ4n) is 1.82. The van der Waals surface area contributed by atoms with Crippen LogP contribution in [0.2, 0.25) is 0 Å². The van der Waals surface area contributed by atoms with E-state index in [4.69, 9.17) is 10.2 Å². The van der Waals surface area contributed by atoms with Gasteiger partial charge in [-0.3, -0.25) is 0 Å². The minimum atomic E-state index is -3.55. The summed E-state index contributed by atoms with van der Waals surface area (Å²) in [6.07, 6.45) is 0.595. The van der Waals surface area contributed by atoms with Crippen molar-refractivity contribution in [2.24, 2.45) is 5.73 Å². The van der Waals surface area contributed by atoms with E-state index in [-0.39, 0.29) is 4.90 Å². The Kier molecular flexibility index (Phi) is 4.22. The average molecular weight is 296 g/mol. The highest BCUT2D eigenvalue weighted by Gasteiger charge is 2.20. The normalized spacial score (nSPS) is 12.2. The summed E-state index contributed by atoms with van der Waals surface area (Å²) in [5, 5.41) is 0.567. The molecule has 1 aromatic heterocycles. The predicted molar refractivity (Wildman–Crippen MR) is 76.0 cm³/mol. The van der Waals surface area contributed by atoms with Gasteiger partial charge in [0.05, 0.1) is 4.90 Å². The van der Waals surface area contributed by atoms with Crippen molar-refractivity contribution in [3.05, 3.63) is 40.8 Å². The van der Waals surface area contributed by atoms with Crippen molar-refractivity contribution >= 4 is 21.0 Å². The molecule has 0 saturated carbocycles. The van der Waals surface area contributed by atoms with E-state index in [0.717, 1.165) is 0 Å². The molecule has 2 N–H and O–H groups in total. The van der Waals surface area contributed by atoms with Gasteiger partial charge in [-0.15, -0.1) is 0 Å². The molecular weight excluding hydrogens is 280 g/mol. The molecule has 2 rings (SSSR count). The molecule has 0 bridgehead atoms. The Balaban J connectivity index is 2.42. The van der Waals surface area contributed by atoms with Crippen LogP contribution in [0.15, 0.2) is 44.4 Å². The quantitative estimate of drug-likeness (QED) is 0.822. The van der Waals surface area contributed by atoms with Gasteiger partial charge in [0.15, 0.2) is 0 Å². The Labute approximate surface area is 116 Å². The van der Waals surface area contributed by atoms with Crippen LogP contribution in [0.25, 0.3) is 11.0 Å². The molecule has 0 aliphatic rings. The molecule has 20 heavy (non-hydrogen) atoms. The lowest BCUT2D eigenvalue weighted by molar-refractivity contribution is 0.464. The van der Waals surface area contributed by atoms with E-state index >= 15 is 0 Å². The van der Waals surface area contributed by atoms with E-state index in [9.17, 15) is 13.2 Å². The first-order chi connectivity index (χ1) is 9.45. The number of nitrogens with zero attached hydrogens (tertiary/aromatic N) is 1. The number of fused-ring (bicyclic) bond motifs is 1. The van der Waals surface area contributed by atoms with Gasteiger partial charge in [0.1, 0.15) is 5.58 Å². The van der Waals surface area contributed by atoms with Crippen molar-refractivity contribution in [3.8, 4) is 0 Å². The molecule has 1 aromatic carbocycles. The van der Waals surface area contributed by atoms with E-state index in [2.05, 4.69) is 0 Å². The first-order valence-electron chi connectivity index (χ1n) is 6.15. The fourth-order valence-corrected chi connectivity index (χ4v) is 3.07. The van der Waals surface area contributed by atoms with Crippen LogP contribution in [-0.2, 0) is 10.0 Å². The monoisotopic (exact) mass is 296 g/mol. The Morgan fingerprint density at radius 2 is 2.00 bits per heavy atom. The maximum Gasteiger partial charge on any atom is 0.336 e. The zero-order chi connectivity index (χ0) is 14.8. The lowest BCUT2D eigenvalue weighted by Crippen LogP contribution is -2.29. The van der Waals surface area contributed by atoms with Crippen LogP contribution in [0.3, 0.4) is 0 Å². The molecule has 0 aliphatic heterocycles. The molecule has 0 atom stereocenters. The molecule has 0 radical (unpaired) electrons. The topological polar surface area (TPSA) is 93.6 Å². The molecule has 0 amide bonds. The highest BCUT2D eigenvalue weighted by Crippen LogP contribution is 2.20. The summed E-state index contributed by atoms with van der Waals surface area (Å²) in [4.78, 5) is 11.3. The molecule has 2 aromatic rings. The summed E-state index contributed by atoms with van der Waals surface area (Å²) in [5.74, 6) is 0. The SMILES string of the molecule is CN(CCCN)S(=O)(=O)c1ccc2oc(=O)ccc2c1. The third-order valence-electron chi connectivity index (χ3n) is 2.98. The third-order valence-corrected chi connectivity index (χ3v) is 4.83. The Morgan fingerprint density at radius 1 is 1.25 bits per heavy atom.